The quantitative estimate of drug-likeness (QED) is 0.916. The summed E-state index contributed by atoms with van der Waals surface area (Å²) in [6.45, 7) is 0. The number of carboxylic acids is 1. The minimum absolute atomic E-state index is 0.0370. The summed E-state index contributed by atoms with van der Waals surface area (Å²) in [5.74, 6) is -1.26. The molecule has 2 aromatic rings. The molecule has 2 unspecified atom stereocenters. The molecule has 6 nitrogen and oxygen atoms in total. The topological polar surface area (TPSA) is 75.4 Å². The summed E-state index contributed by atoms with van der Waals surface area (Å²) in [6.07, 6.45) is 5.30. The van der Waals surface area contributed by atoms with Crippen molar-refractivity contribution < 1.29 is 9.90 Å². The van der Waals surface area contributed by atoms with Crippen LogP contribution in [-0.2, 0) is 0 Å². The molecule has 126 valence electrons. The normalized spacial score (nSPS) is 27.3. The highest BCUT2D eigenvalue weighted by Gasteiger charge is 2.37. The lowest BCUT2D eigenvalue weighted by Crippen LogP contribution is -2.51. The Kier molecular flexibility index (Phi) is 3.64. The summed E-state index contributed by atoms with van der Waals surface area (Å²) in [7, 11) is 2.17. The second-order valence-electron chi connectivity index (χ2n) is 6.96. The summed E-state index contributed by atoms with van der Waals surface area (Å²) < 4.78 is 1.70. The van der Waals surface area contributed by atoms with Gasteiger partial charge in [0, 0.05) is 18.1 Å². The van der Waals surface area contributed by atoms with E-state index in [1.165, 1.54) is 6.42 Å². The molecule has 3 atom stereocenters. The lowest BCUT2D eigenvalue weighted by atomic mass is 9.82. The van der Waals surface area contributed by atoms with Crippen molar-refractivity contribution in [1.29, 1.82) is 0 Å². The predicted octanol–water partition coefficient (Wildman–Crippen LogP) is 2.28. The fourth-order valence-corrected chi connectivity index (χ4v) is 4.45. The lowest BCUT2D eigenvalue weighted by molar-refractivity contribution is 0.0400. The number of carbonyl (C=O) groups is 1. The standard InChI is InChI=1S/C18H21N3O3/c1-20-11-5-4-6-12(20)10-13(9-11)21-15-8-3-2-7-14(15)19-16(17(21)22)18(23)24/h2-3,7-8,11-13H,4-6,9-10H2,1H3,(H,23,24)/t11-,12?,13?/m1/s1. The van der Waals surface area contributed by atoms with Crippen LogP contribution in [0.1, 0.15) is 48.6 Å². The van der Waals surface area contributed by atoms with Crippen LogP contribution in [0.5, 0.6) is 0 Å². The Labute approximate surface area is 139 Å². The molecular formula is C18H21N3O3. The van der Waals surface area contributed by atoms with Crippen molar-refractivity contribution >= 4 is 17.0 Å². The van der Waals surface area contributed by atoms with Gasteiger partial charge in [0.25, 0.3) is 5.56 Å². The maximum Gasteiger partial charge on any atom is 0.360 e. The Bertz CT molecular complexity index is 846. The van der Waals surface area contributed by atoms with Gasteiger partial charge in [-0.25, -0.2) is 9.78 Å². The zero-order valence-corrected chi connectivity index (χ0v) is 13.7. The number of piperidine rings is 2. The van der Waals surface area contributed by atoms with Crippen LogP contribution in [0.15, 0.2) is 29.1 Å². The Morgan fingerprint density at radius 3 is 2.50 bits per heavy atom. The van der Waals surface area contributed by atoms with Crippen LogP contribution >= 0.6 is 0 Å². The van der Waals surface area contributed by atoms with E-state index in [9.17, 15) is 14.7 Å². The Hall–Kier alpha value is -2.21. The van der Waals surface area contributed by atoms with Gasteiger partial charge in [0.05, 0.1) is 11.0 Å². The molecule has 0 radical (unpaired) electrons. The number of aromatic nitrogens is 2. The van der Waals surface area contributed by atoms with Crippen LogP contribution in [0.3, 0.4) is 0 Å². The molecule has 2 aliphatic rings. The second kappa shape index (κ2) is 5.70. The van der Waals surface area contributed by atoms with E-state index in [1.807, 2.05) is 18.2 Å². The van der Waals surface area contributed by atoms with E-state index in [0.717, 1.165) is 31.2 Å². The minimum atomic E-state index is -1.26. The number of aromatic carboxylic acids is 1. The summed E-state index contributed by atoms with van der Waals surface area (Å²) in [6, 6.07) is 8.30. The fraction of sp³-hybridized carbons (Fsp3) is 0.500. The molecule has 1 aromatic heterocycles. The minimum Gasteiger partial charge on any atom is -0.476 e. The van der Waals surface area contributed by atoms with Gasteiger partial charge in [-0.1, -0.05) is 18.6 Å². The van der Waals surface area contributed by atoms with Gasteiger partial charge in [-0.15, -0.1) is 0 Å². The van der Waals surface area contributed by atoms with Crippen molar-refractivity contribution in [3.05, 3.63) is 40.3 Å². The zero-order chi connectivity index (χ0) is 16.8. The van der Waals surface area contributed by atoms with Gasteiger partial charge in [0.2, 0.25) is 5.69 Å². The highest BCUT2D eigenvalue weighted by Crippen LogP contribution is 2.38. The second-order valence-corrected chi connectivity index (χ2v) is 6.96. The molecule has 2 saturated heterocycles. The Balaban J connectivity index is 1.88. The maximum atomic E-state index is 12.8. The maximum absolute atomic E-state index is 12.8. The number of para-hydroxylation sites is 2. The fourth-order valence-electron chi connectivity index (χ4n) is 4.45. The van der Waals surface area contributed by atoms with Crippen molar-refractivity contribution in [2.45, 2.75) is 50.2 Å². The summed E-state index contributed by atoms with van der Waals surface area (Å²) in [5.41, 5.74) is 0.449. The van der Waals surface area contributed by atoms with Crippen LogP contribution in [0.2, 0.25) is 0 Å². The third-order valence-electron chi connectivity index (χ3n) is 5.68. The van der Waals surface area contributed by atoms with E-state index in [0.29, 0.717) is 17.6 Å². The van der Waals surface area contributed by atoms with Gasteiger partial charge in [0.15, 0.2) is 0 Å². The Morgan fingerprint density at radius 2 is 1.83 bits per heavy atom. The highest BCUT2D eigenvalue weighted by atomic mass is 16.4. The molecule has 1 N–H and O–H groups in total. The molecule has 0 aliphatic carbocycles. The molecule has 0 saturated carbocycles. The first-order valence-corrected chi connectivity index (χ1v) is 8.52. The lowest BCUT2D eigenvalue weighted by Gasteiger charge is -2.47. The Morgan fingerprint density at radius 1 is 1.17 bits per heavy atom. The first-order chi connectivity index (χ1) is 11.6. The van der Waals surface area contributed by atoms with Crippen LogP contribution in [0.25, 0.3) is 11.0 Å². The molecule has 2 fully saturated rings. The number of fused-ring (bicyclic) bond motifs is 3. The van der Waals surface area contributed by atoms with Gasteiger partial charge in [0.1, 0.15) is 0 Å². The van der Waals surface area contributed by atoms with Crippen LogP contribution < -0.4 is 5.56 Å². The SMILES string of the molecule is CN1C2CCC[C@@H]1CC(n1c(=O)c(C(=O)O)nc3ccccc31)C2. The van der Waals surface area contributed by atoms with Crippen LogP contribution in [0.4, 0.5) is 0 Å². The number of hydrogen-bond acceptors (Lipinski definition) is 4. The van der Waals surface area contributed by atoms with E-state index in [4.69, 9.17) is 0 Å². The van der Waals surface area contributed by atoms with Crippen LogP contribution in [0, 0.1) is 0 Å². The summed E-state index contributed by atoms with van der Waals surface area (Å²) in [4.78, 5) is 30.8. The summed E-state index contributed by atoms with van der Waals surface area (Å²) in [5, 5.41) is 9.37. The predicted molar refractivity (Wildman–Crippen MR) is 90.4 cm³/mol. The van der Waals surface area contributed by atoms with Crippen LogP contribution in [-0.4, -0.2) is 44.7 Å². The molecule has 3 heterocycles. The van der Waals surface area contributed by atoms with Gasteiger partial charge in [-0.3, -0.25) is 4.79 Å². The first kappa shape index (κ1) is 15.3. The summed E-state index contributed by atoms with van der Waals surface area (Å²) >= 11 is 0. The molecular weight excluding hydrogens is 306 g/mol. The molecule has 6 heteroatoms. The van der Waals surface area contributed by atoms with E-state index < -0.39 is 11.5 Å². The average Bonchev–Trinajstić information content (AvgIpc) is 2.54. The third kappa shape index (κ3) is 2.33. The molecule has 0 spiro atoms. The highest BCUT2D eigenvalue weighted by molar-refractivity contribution is 5.88. The molecule has 2 bridgehead atoms. The number of benzene rings is 1. The van der Waals surface area contributed by atoms with E-state index >= 15 is 0 Å². The average molecular weight is 327 g/mol. The van der Waals surface area contributed by atoms with Gasteiger partial charge in [-0.05, 0) is 44.9 Å². The van der Waals surface area contributed by atoms with Crippen molar-refractivity contribution in [3.63, 3.8) is 0 Å². The van der Waals surface area contributed by atoms with Gasteiger partial charge >= 0.3 is 5.97 Å². The molecule has 24 heavy (non-hydrogen) atoms. The molecule has 2 aliphatic heterocycles. The smallest absolute Gasteiger partial charge is 0.360 e. The van der Waals surface area contributed by atoms with E-state index in [1.54, 1.807) is 10.6 Å². The number of hydrogen-bond donors (Lipinski definition) is 1. The third-order valence-corrected chi connectivity index (χ3v) is 5.68. The van der Waals surface area contributed by atoms with Gasteiger partial charge < -0.3 is 14.6 Å². The molecule has 1 aromatic carbocycles. The van der Waals surface area contributed by atoms with Gasteiger partial charge in [-0.2, -0.15) is 0 Å². The van der Waals surface area contributed by atoms with Crippen molar-refractivity contribution in [2.24, 2.45) is 0 Å². The van der Waals surface area contributed by atoms with E-state index in [2.05, 4.69) is 16.9 Å². The largest absolute Gasteiger partial charge is 0.476 e. The molecule has 4 rings (SSSR count). The zero-order valence-electron chi connectivity index (χ0n) is 13.7. The van der Waals surface area contributed by atoms with Crippen molar-refractivity contribution in [3.8, 4) is 0 Å². The monoisotopic (exact) mass is 327 g/mol. The molecule has 0 amide bonds. The first-order valence-electron chi connectivity index (χ1n) is 8.52. The van der Waals surface area contributed by atoms with E-state index in [-0.39, 0.29) is 11.7 Å². The number of carboxylic acid groups (broad SMARTS) is 1. The van der Waals surface area contributed by atoms with Crippen molar-refractivity contribution in [1.82, 2.24) is 14.5 Å². The van der Waals surface area contributed by atoms with Crippen molar-refractivity contribution in [2.75, 3.05) is 7.05 Å². The number of rotatable bonds is 2. The number of nitrogens with zero attached hydrogens (tertiary/aromatic N) is 3.